The Morgan fingerprint density at radius 1 is 0.925 bits per heavy atom. The Hall–Kier alpha value is -3.58. The number of H-pyrrole nitrogens is 1. The highest BCUT2D eigenvalue weighted by Crippen LogP contribution is 2.19. The first-order chi connectivity index (χ1) is 18.9. The number of nitrogens with two attached hydrogens (primary N) is 1. The monoisotopic (exact) mass is 577 g/mol. The third-order valence-corrected chi connectivity index (χ3v) is 6.95. The van der Waals surface area contributed by atoms with Crippen molar-refractivity contribution in [3.63, 3.8) is 0 Å². The van der Waals surface area contributed by atoms with Gasteiger partial charge in [-0.3, -0.25) is 19.2 Å². The minimum absolute atomic E-state index is 0.0170. The molecular formula is C27H39N5O7S. The molecule has 0 spiro atoms. The van der Waals surface area contributed by atoms with Gasteiger partial charge < -0.3 is 36.9 Å². The molecule has 4 atom stereocenters. The lowest BCUT2D eigenvalue weighted by atomic mass is 10.00. The minimum atomic E-state index is -1.17. The summed E-state index contributed by atoms with van der Waals surface area (Å²) in [6.45, 7) is 3.73. The smallest absolute Gasteiger partial charge is 0.326 e. The van der Waals surface area contributed by atoms with Crippen molar-refractivity contribution in [1.82, 2.24) is 20.9 Å². The standard InChI is InChI=1S/C27H39N5O7S/c1-15(2)12-21(25(36)30-20(27(38)39)10-11-40-3)32-26(37)22(31-24(35)18(28)8-9-23(33)34)13-16-14-29-19-7-5-4-6-17(16)19/h4-7,14-15,18,20-22,29H,8-13,28H2,1-3H3,(H,30,36)(H,31,35)(H,32,37)(H,33,34)(H,38,39). The van der Waals surface area contributed by atoms with Crippen LogP contribution in [-0.2, 0) is 30.4 Å². The molecule has 0 aliphatic carbocycles. The van der Waals surface area contributed by atoms with E-state index in [1.54, 1.807) is 6.20 Å². The third kappa shape index (κ3) is 10.2. The van der Waals surface area contributed by atoms with Gasteiger partial charge in [-0.1, -0.05) is 32.0 Å². The molecule has 2 rings (SSSR count). The van der Waals surface area contributed by atoms with Crippen molar-refractivity contribution < 1.29 is 34.2 Å². The molecule has 220 valence electrons. The summed E-state index contributed by atoms with van der Waals surface area (Å²) in [5.41, 5.74) is 7.46. The molecule has 1 aromatic carbocycles. The first-order valence-corrected chi connectivity index (χ1v) is 14.5. The van der Waals surface area contributed by atoms with Gasteiger partial charge in [-0.15, -0.1) is 0 Å². The number of aliphatic carboxylic acids is 2. The van der Waals surface area contributed by atoms with Gasteiger partial charge >= 0.3 is 11.9 Å². The number of aromatic amines is 1. The maximum absolute atomic E-state index is 13.5. The summed E-state index contributed by atoms with van der Waals surface area (Å²) in [6, 6.07) is 2.98. The van der Waals surface area contributed by atoms with Crippen LogP contribution in [0.15, 0.2) is 30.5 Å². The molecule has 0 bridgehead atoms. The molecule has 0 radical (unpaired) electrons. The van der Waals surface area contributed by atoms with Crippen molar-refractivity contribution in [2.75, 3.05) is 12.0 Å². The van der Waals surface area contributed by atoms with Gasteiger partial charge in [0.05, 0.1) is 6.04 Å². The topological polar surface area (TPSA) is 204 Å². The molecule has 2 aromatic rings. The average Bonchev–Trinajstić information content (AvgIpc) is 3.30. The van der Waals surface area contributed by atoms with E-state index < -0.39 is 53.8 Å². The molecule has 0 aliphatic rings. The van der Waals surface area contributed by atoms with Crippen molar-refractivity contribution >= 4 is 52.3 Å². The zero-order chi connectivity index (χ0) is 29.8. The molecule has 8 N–H and O–H groups in total. The molecule has 0 saturated carbocycles. The van der Waals surface area contributed by atoms with Gasteiger partial charge in [-0.2, -0.15) is 11.8 Å². The van der Waals surface area contributed by atoms with Crippen LogP contribution < -0.4 is 21.7 Å². The van der Waals surface area contributed by atoms with E-state index >= 15 is 0 Å². The van der Waals surface area contributed by atoms with Crippen LogP contribution in [0.1, 0.15) is 45.1 Å². The molecule has 1 aromatic heterocycles. The first kappa shape index (κ1) is 32.6. The second kappa shape index (κ2) is 15.9. The molecule has 4 unspecified atom stereocenters. The van der Waals surface area contributed by atoms with Crippen molar-refractivity contribution in [1.29, 1.82) is 0 Å². The van der Waals surface area contributed by atoms with Gasteiger partial charge in [0.2, 0.25) is 17.7 Å². The summed E-state index contributed by atoms with van der Waals surface area (Å²) in [6.07, 6.45) is 3.64. The number of hydrogen-bond donors (Lipinski definition) is 7. The fourth-order valence-corrected chi connectivity index (χ4v) is 4.63. The lowest BCUT2D eigenvalue weighted by molar-refractivity contribution is -0.142. The number of carbonyl (C=O) groups is 5. The minimum Gasteiger partial charge on any atom is -0.481 e. The van der Waals surface area contributed by atoms with E-state index in [9.17, 15) is 29.1 Å². The fraction of sp³-hybridized carbons (Fsp3) is 0.519. The fourth-order valence-electron chi connectivity index (χ4n) is 4.16. The van der Waals surface area contributed by atoms with Crippen molar-refractivity contribution in [2.45, 2.75) is 70.1 Å². The number of nitrogens with one attached hydrogen (secondary N) is 4. The van der Waals surface area contributed by atoms with Gasteiger partial charge in [0.15, 0.2) is 0 Å². The Bertz CT molecular complexity index is 1180. The van der Waals surface area contributed by atoms with Crippen LogP contribution in [0.2, 0.25) is 0 Å². The molecule has 0 aliphatic heterocycles. The molecule has 12 nitrogen and oxygen atoms in total. The largest absolute Gasteiger partial charge is 0.481 e. The summed E-state index contributed by atoms with van der Waals surface area (Å²) in [5, 5.41) is 27.1. The summed E-state index contributed by atoms with van der Waals surface area (Å²) in [4.78, 5) is 65.2. The van der Waals surface area contributed by atoms with E-state index in [0.717, 1.165) is 16.5 Å². The third-order valence-electron chi connectivity index (χ3n) is 6.30. The average molecular weight is 578 g/mol. The first-order valence-electron chi connectivity index (χ1n) is 13.1. The molecule has 0 saturated heterocycles. The van der Waals surface area contributed by atoms with Crippen LogP contribution in [0.4, 0.5) is 0 Å². The predicted octanol–water partition coefficient (Wildman–Crippen LogP) is 1.24. The zero-order valence-electron chi connectivity index (χ0n) is 22.9. The van der Waals surface area contributed by atoms with Crippen molar-refractivity contribution in [3.8, 4) is 0 Å². The highest BCUT2D eigenvalue weighted by atomic mass is 32.2. The van der Waals surface area contributed by atoms with Gasteiger partial charge in [-0.25, -0.2) is 4.79 Å². The maximum Gasteiger partial charge on any atom is 0.326 e. The molecule has 3 amide bonds. The highest BCUT2D eigenvalue weighted by Gasteiger charge is 2.31. The van der Waals surface area contributed by atoms with Gasteiger partial charge in [0.1, 0.15) is 18.1 Å². The predicted molar refractivity (Wildman–Crippen MR) is 153 cm³/mol. The number of hydrogen-bond acceptors (Lipinski definition) is 7. The van der Waals surface area contributed by atoms with E-state index in [4.69, 9.17) is 10.8 Å². The number of rotatable bonds is 17. The lowest BCUT2D eigenvalue weighted by Crippen LogP contribution is -2.57. The number of carbonyl (C=O) groups excluding carboxylic acids is 3. The second-order valence-corrected chi connectivity index (χ2v) is 11.0. The SMILES string of the molecule is CSCCC(NC(=O)C(CC(C)C)NC(=O)C(Cc1c[nH]c2ccccc12)NC(=O)C(N)CCC(=O)O)C(=O)O. The molecule has 0 fully saturated rings. The van der Waals surface area contributed by atoms with Crippen molar-refractivity contribution in [3.05, 3.63) is 36.0 Å². The number of carboxylic acid groups (broad SMARTS) is 2. The Labute approximate surface area is 237 Å². The summed E-state index contributed by atoms with van der Waals surface area (Å²) >= 11 is 1.45. The molecule has 1 heterocycles. The maximum atomic E-state index is 13.5. The Kier molecular flexibility index (Phi) is 12.9. The number of benzene rings is 1. The molecular weight excluding hydrogens is 538 g/mol. The number of amides is 3. The number of carboxylic acids is 2. The van der Waals surface area contributed by atoms with Crippen LogP contribution in [0.5, 0.6) is 0 Å². The van der Waals surface area contributed by atoms with Crippen LogP contribution in [0.25, 0.3) is 10.9 Å². The Morgan fingerprint density at radius 2 is 1.55 bits per heavy atom. The molecule has 13 heteroatoms. The van der Waals surface area contributed by atoms with Crippen LogP contribution in [0, 0.1) is 5.92 Å². The van der Waals surface area contributed by atoms with Gasteiger partial charge in [0, 0.05) is 29.9 Å². The van der Waals surface area contributed by atoms with E-state index in [0.29, 0.717) is 5.75 Å². The zero-order valence-corrected chi connectivity index (χ0v) is 23.8. The van der Waals surface area contributed by atoms with Crippen LogP contribution in [0.3, 0.4) is 0 Å². The van der Waals surface area contributed by atoms with E-state index in [1.807, 2.05) is 44.4 Å². The van der Waals surface area contributed by atoms with Gasteiger partial charge in [0.25, 0.3) is 0 Å². The van der Waals surface area contributed by atoms with Gasteiger partial charge in [-0.05, 0) is 48.8 Å². The lowest BCUT2D eigenvalue weighted by Gasteiger charge is -2.26. The number of aromatic nitrogens is 1. The van der Waals surface area contributed by atoms with Crippen LogP contribution in [-0.4, -0.2) is 81.0 Å². The quantitative estimate of drug-likeness (QED) is 0.144. The Balaban J connectivity index is 2.28. The number of para-hydroxylation sites is 1. The molecule has 40 heavy (non-hydrogen) atoms. The van der Waals surface area contributed by atoms with Crippen molar-refractivity contribution in [2.24, 2.45) is 11.7 Å². The summed E-state index contributed by atoms with van der Waals surface area (Å²) in [5.74, 6) is -3.75. The summed E-state index contributed by atoms with van der Waals surface area (Å²) < 4.78 is 0. The Morgan fingerprint density at radius 3 is 2.17 bits per heavy atom. The van der Waals surface area contributed by atoms with E-state index in [2.05, 4.69) is 20.9 Å². The number of thioether (sulfide) groups is 1. The second-order valence-electron chi connectivity index (χ2n) is 10.0. The van der Waals surface area contributed by atoms with E-state index in [-0.39, 0.29) is 38.0 Å². The number of fused-ring (bicyclic) bond motifs is 1. The normalized spacial score (nSPS) is 14.2. The van der Waals surface area contributed by atoms with E-state index in [1.165, 1.54) is 11.8 Å². The van der Waals surface area contributed by atoms with Crippen LogP contribution >= 0.6 is 11.8 Å². The summed E-state index contributed by atoms with van der Waals surface area (Å²) in [7, 11) is 0. The highest BCUT2D eigenvalue weighted by molar-refractivity contribution is 7.98.